The largest absolute Gasteiger partial charge is 0.465 e. The number of H-pyrrole nitrogens is 1. The Hall–Kier alpha value is -1.50. The summed E-state index contributed by atoms with van der Waals surface area (Å²) in [6.45, 7) is 0.549. The molecule has 0 radical (unpaired) electrons. The van der Waals surface area contributed by atoms with Crippen LogP contribution in [0.25, 0.3) is 0 Å². The van der Waals surface area contributed by atoms with Crippen molar-refractivity contribution in [1.82, 2.24) is 14.9 Å². The third-order valence-electron chi connectivity index (χ3n) is 2.52. The first-order chi connectivity index (χ1) is 7.61. The van der Waals surface area contributed by atoms with Crippen LogP contribution in [-0.2, 0) is 13.0 Å². The number of hydrogen-bond donors (Lipinski definition) is 2. The van der Waals surface area contributed by atoms with Gasteiger partial charge in [0.05, 0.1) is 12.2 Å². The van der Waals surface area contributed by atoms with E-state index >= 15 is 0 Å². The monoisotopic (exact) mass is 241 g/mol. The van der Waals surface area contributed by atoms with Crippen LogP contribution >= 0.6 is 11.8 Å². The number of amides is 1. The molecule has 0 aromatic carbocycles. The summed E-state index contributed by atoms with van der Waals surface area (Å²) in [5.74, 6) is 0. The van der Waals surface area contributed by atoms with Crippen molar-refractivity contribution >= 4 is 17.9 Å². The Morgan fingerprint density at radius 3 is 3.00 bits per heavy atom. The maximum atomic E-state index is 11.6. The first-order valence-corrected chi connectivity index (χ1v) is 5.98. The SMILES string of the molecule is CSc1nc2c(c(=O)[nH]1)CCN(C(=O)O)C2. The fourth-order valence-corrected chi connectivity index (χ4v) is 2.07. The zero-order valence-electron chi connectivity index (χ0n) is 8.69. The minimum absolute atomic E-state index is 0.153. The van der Waals surface area contributed by atoms with Gasteiger partial charge in [0.25, 0.3) is 5.56 Å². The molecule has 2 heterocycles. The van der Waals surface area contributed by atoms with Crippen molar-refractivity contribution in [2.75, 3.05) is 12.8 Å². The van der Waals surface area contributed by atoms with E-state index in [9.17, 15) is 9.59 Å². The second kappa shape index (κ2) is 4.17. The molecular formula is C9H11N3O3S. The van der Waals surface area contributed by atoms with Crippen molar-refractivity contribution in [2.24, 2.45) is 0 Å². The minimum Gasteiger partial charge on any atom is -0.465 e. The van der Waals surface area contributed by atoms with Gasteiger partial charge in [0.1, 0.15) is 0 Å². The molecule has 16 heavy (non-hydrogen) atoms. The molecule has 2 rings (SSSR count). The Morgan fingerprint density at radius 2 is 2.38 bits per heavy atom. The number of nitrogens with zero attached hydrogens (tertiary/aromatic N) is 2. The van der Waals surface area contributed by atoms with Crippen LogP contribution in [0.15, 0.2) is 9.95 Å². The Kier molecular flexibility index (Phi) is 2.86. The molecule has 0 saturated heterocycles. The van der Waals surface area contributed by atoms with Crippen molar-refractivity contribution in [3.8, 4) is 0 Å². The number of hydrogen-bond acceptors (Lipinski definition) is 4. The Balaban J connectivity index is 2.40. The number of fused-ring (bicyclic) bond motifs is 1. The molecule has 0 unspecified atom stereocenters. The summed E-state index contributed by atoms with van der Waals surface area (Å²) in [6, 6.07) is 0. The highest BCUT2D eigenvalue weighted by Crippen LogP contribution is 2.16. The van der Waals surface area contributed by atoms with E-state index in [0.717, 1.165) is 0 Å². The molecule has 7 heteroatoms. The van der Waals surface area contributed by atoms with E-state index in [1.807, 2.05) is 6.26 Å². The fraction of sp³-hybridized carbons (Fsp3) is 0.444. The van der Waals surface area contributed by atoms with E-state index in [1.54, 1.807) is 0 Å². The lowest BCUT2D eigenvalue weighted by molar-refractivity contribution is 0.138. The third kappa shape index (κ3) is 1.90. The second-order valence-corrected chi connectivity index (χ2v) is 4.25. The average Bonchev–Trinajstić information content (AvgIpc) is 2.28. The van der Waals surface area contributed by atoms with Gasteiger partial charge in [0.15, 0.2) is 5.16 Å². The van der Waals surface area contributed by atoms with E-state index in [4.69, 9.17) is 5.11 Å². The van der Waals surface area contributed by atoms with Crippen LogP contribution in [0, 0.1) is 0 Å². The summed E-state index contributed by atoms with van der Waals surface area (Å²) in [6.07, 6.45) is 1.26. The summed E-state index contributed by atoms with van der Waals surface area (Å²) in [7, 11) is 0. The van der Waals surface area contributed by atoms with Crippen LogP contribution in [0.3, 0.4) is 0 Å². The molecule has 0 bridgehead atoms. The van der Waals surface area contributed by atoms with E-state index in [1.165, 1.54) is 16.7 Å². The topological polar surface area (TPSA) is 86.3 Å². The average molecular weight is 241 g/mol. The molecule has 1 aromatic rings. The highest BCUT2D eigenvalue weighted by molar-refractivity contribution is 7.98. The van der Waals surface area contributed by atoms with E-state index in [2.05, 4.69) is 9.97 Å². The van der Waals surface area contributed by atoms with Gasteiger partial charge in [0.2, 0.25) is 0 Å². The van der Waals surface area contributed by atoms with Crippen molar-refractivity contribution in [1.29, 1.82) is 0 Å². The fourth-order valence-electron chi connectivity index (χ4n) is 1.68. The number of aromatic nitrogens is 2. The normalized spacial score (nSPS) is 14.7. The number of carbonyl (C=O) groups is 1. The van der Waals surface area contributed by atoms with E-state index in [-0.39, 0.29) is 12.1 Å². The molecule has 1 aliphatic rings. The molecule has 86 valence electrons. The standard InChI is InChI=1S/C9H11N3O3S/c1-16-8-10-6-4-12(9(14)15)3-2-5(6)7(13)11-8/h2-4H2,1H3,(H,14,15)(H,10,11,13). The first-order valence-electron chi connectivity index (χ1n) is 4.75. The van der Waals surface area contributed by atoms with Crippen molar-refractivity contribution in [3.63, 3.8) is 0 Å². The molecule has 6 nitrogen and oxygen atoms in total. The quantitative estimate of drug-likeness (QED) is 0.553. The number of aromatic amines is 1. The van der Waals surface area contributed by atoms with Crippen molar-refractivity contribution in [3.05, 3.63) is 21.6 Å². The van der Waals surface area contributed by atoms with Crippen molar-refractivity contribution < 1.29 is 9.90 Å². The maximum absolute atomic E-state index is 11.6. The lowest BCUT2D eigenvalue weighted by Gasteiger charge is -2.24. The van der Waals surface area contributed by atoms with Crippen molar-refractivity contribution in [2.45, 2.75) is 18.1 Å². The number of nitrogens with one attached hydrogen (secondary N) is 1. The van der Waals surface area contributed by atoms with Crippen LogP contribution in [0.2, 0.25) is 0 Å². The molecule has 0 spiro atoms. The summed E-state index contributed by atoms with van der Waals surface area (Å²) >= 11 is 1.33. The number of carboxylic acid groups (broad SMARTS) is 1. The predicted octanol–water partition coefficient (Wildman–Crippen LogP) is 0.528. The highest BCUT2D eigenvalue weighted by Gasteiger charge is 2.23. The second-order valence-electron chi connectivity index (χ2n) is 3.45. The Labute approximate surface area is 95.7 Å². The van der Waals surface area contributed by atoms with Gasteiger partial charge in [-0.3, -0.25) is 4.79 Å². The smallest absolute Gasteiger partial charge is 0.407 e. The summed E-state index contributed by atoms with van der Waals surface area (Å²) in [5.41, 5.74) is 1.02. The molecule has 2 N–H and O–H groups in total. The highest BCUT2D eigenvalue weighted by atomic mass is 32.2. The van der Waals surface area contributed by atoms with Crippen LogP contribution in [0.1, 0.15) is 11.3 Å². The summed E-state index contributed by atoms with van der Waals surface area (Å²) in [5, 5.41) is 9.39. The van der Waals surface area contributed by atoms with Gasteiger partial charge in [-0.2, -0.15) is 0 Å². The third-order valence-corrected chi connectivity index (χ3v) is 3.10. The molecule has 0 saturated carbocycles. The van der Waals surface area contributed by atoms with Gasteiger partial charge in [-0.15, -0.1) is 0 Å². The first kappa shape index (κ1) is 11.0. The maximum Gasteiger partial charge on any atom is 0.407 e. The summed E-state index contributed by atoms with van der Waals surface area (Å²) in [4.78, 5) is 30.6. The lowest BCUT2D eigenvalue weighted by Crippen LogP contribution is -2.38. The van der Waals surface area contributed by atoms with Crippen LogP contribution in [0.4, 0.5) is 4.79 Å². The zero-order valence-corrected chi connectivity index (χ0v) is 9.50. The van der Waals surface area contributed by atoms with Gasteiger partial charge in [-0.25, -0.2) is 9.78 Å². The van der Waals surface area contributed by atoms with Crippen LogP contribution in [0.5, 0.6) is 0 Å². The molecular weight excluding hydrogens is 230 g/mol. The molecule has 1 aliphatic heterocycles. The van der Waals surface area contributed by atoms with E-state index < -0.39 is 6.09 Å². The minimum atomic E-state index is -0.974. The van der Waals surface area contributed by atoms with Gasteiger partial charge < -0.3 is 15.0 Å². The van der Waals surface area contributed by atoms with Crippen LogP contribution < -0.4 is 5.56 Å². The molecule has 0 atom stereocenters. The van der Waals surface area contributed by atoms with Crippen LogP contribution in [-0.4, -0.2) is 38.9 Å². The number of thioether (sulfide) groups is 1. The van der Waals surface area contributed by atoms with Gasteiger partial charge in [-0.1, -0.05) is 11.8 Å². The van der Waals surface area contributed by atoms with Gasteiger partial charge >= 0.3 is 6.09 Å². The van der Waals surface area contributed by atoms with E-state index in [0.29, 0.717) is 29.4 Å². The Morgan fingerprint density at radius 1 is 1.62 bits per heavy atom. The molecule has 0 aliphatic carbocycles. The zero-order chi connectivity index (χ0) is 11.7. The summed E-state index contributed by atoms with van der Waals surface area (Å²) < 4.78 is 0. The van der Waals surface area contributed by atoms with Gasteiger partial charge in [-0.05, 0) is 12.7 Å². The molecule has 1 aromatic heterocycles. The molecule has 0 fully saturated rings. The van der Waals surface area contributed by atoms with Gasteiger partial charge in [0, 0.05) is 12.1 Å². The molecule has 1 amide bonds. The predicted molar refractivity (Wildman–Crippen MR) is 58.8 cm³/mol. The number of rotatable bonds is 1. The Bertz CT molecular complexity index is 485. The lowest BCUT2D eigenvalue weighted by atomic mass is 10.1.